The Morgan fingerprint density at radius 3 is 2.38 bits per heavy atom. The second kappa shape index (κ2) is 12.9. The highest BCUT2D eigenvalue weighted by Gasteiger charge is 2.29. The van der Waals surface area contributed by atoms with Gasteiger partial charge in [0, 0.05) is 41.3 Å². The Morgan fingerprint density at radius 2 is 1.79 bits per heavy atom. The fourth-order valence-corrected chi connectivity index (χ4v) is 4.24. The summed E-state index contributed by atoms with van der Waals surface area (Å²) in [5, 5.41) is 0.217. The van der Waals surface area contributed by atoms with E-state index in [0.717, 1.165) is 0 Å². The molecule has 1 unspecified atom stereocenters. The first kappa shape index (κ1) is 29.9. The van der Waals surface area contributed by atoms with Crippen LogP contribution in [0.2, 0.25) is 5.02 Å². The Bertz CT molecular complexity index is 1390. The van der Waals surface area contributed by atoms with Gasteiger partial charge in [0.1, 0.15) is 17.2 Å². The van der Waals surface area contributed by atoms with Gasteiger partial charge < -0.3 is 14.0 Å². The molecule has 11 heteroatoms. The van der Waals surface area contributed by atoms with Crippen molar-refractivity contribution in [2.45, 2.75) is 51.7 Å². The molecule has 0 radical (unpaired) electrons. The number of hydrogen-bond acceptors (Lipinski definition) is 6. The smallest absolute Gasteiger partial charge is 0.422 e. The first-order valence-electron chi connectivity index (χ1n) is 12.3. The second-order valence-corrected chi connectivity index (χ2v) is 9.26. The van der Waals surface area contributed by atoms with Crippen LogP contribution in [-0.4, -0.2) is 41.0 Å². The first-order chi connectivity index (χ1) is 18.5. The predicted molar refractivity (Wildman–Crippen MR) is 141 cm³/mol. The SMILES string of the molecule is CCCC(C(=O)Cc1ccc(C(=O)CC)nc1)n1cc(OC)c(-c2cc(Cl)ccc2OCC(F)(F)F)cc1=O. The lowest BCUT2D eigenvalue weighted by Crippen LogP contribution is -2.30. The fraction of sp³-hybridized carbons (Fsp3) is 0.357. The van der Waals surface area contributed by atoms with Crippen molar-refractivity contribution < 1.29 is 32.2 Å². The summed E-state index contributed by atoms with van der Waals surface area (Å²) in [6.45, 7) is 2.08. The summed E-state index contributed by atoms with van der Waals surface area (Å²) in [6, 6.07) is 7.62. The minimum Gasteiger partial charge on any atom is -0.495 e. The van der Waals surface area contributed by atoms with E-state index in [0.29, 0.717) is 30.5 Å². The summed E-state index contributed by atoms with van der Waals surface area (Å²) in [5.41, 5.74) is 0.660. The third-order valence-corrected chi connectivity index (χ3v) is 6.20. The van der Waals surface area contributed by atoms with Crippen molar-refractivity contribution in [3.8, 4) is 22.6 Å². The number of hydrogen-bond donors (Lipinski definition) is 0. The molecule has 0 aliphatic rings. The van der Waals surface area contributed by atoms with Crippen LogP contribution in [0.3, 0.4) is 0 Å². The maximum Gasteiger partial charge on any atom is 0.422 e. The van der Waals surface area contributed by atoms with E-state index in [1.807, 2.05) is 6.92 Å². The van der Waals surface area contributed by atoms with Crippen molar-refractivity contribution >= 4 is 23.2 Å². The van der Waals surface area contributed by atoms with E-state index in [9.17, 15) is 27.6 Å². The minimum absolute atomic E-state index is 0.0154. The van der Waals surface area contributed by atoms with Gasteiger partial charge >= 0.3 is 6.18 Å². The Morgan fingerprint density at radius 1 is 1.08 bits per heavy atom. The molecule has 0 saturated heterocycles. The number of ketones is 2. The summed E-state index contributed by atoms with van der Waals surface area (Å²) >= 11 is 6.10. The quantitative estimate of drug-likeness (QED) is 0.241. The molecule has 0 bridgehead atoms. The van der Waals surface area contributed by atoms with Crippen molar-refractivity contribution in [3.63, 3.8) is 0 Å². The molecular formula is C28H28ClF3N2O5. The summed E-state index contributed by atoms with van der Waals surface area (Å²) in [7, 11) is 1.34. The van der Waals surface area contributed by atoms with E-state index in [4.69, 9.17) is 21.1 Å². The molecule has 2 heterocycles. The van der Waals surface area contributed by atoms with Crippen LogP contribution in [0.15, 0.2) is 53.6 Å². The van der Waals surface area contributed by atoms with Crippen LogP contribution in [0.4, 0.5) is 13.2 Å². The Kier molecular flexibility index (Phi) is 9.91. The molecule has 7 nitrogen and oxygen atoms in total. The zero-order valence-corrected chi connectivity index (χ0v) is 22.4. The van der Waals surface area contributed by atoms with Gasteiger partial charge in [-0.15, -0.1) is 0 Å². The third-order valence-electron chi connectivity index (χ3n) is 5.97. The molecule has 0 saturated carbocycles. The lowest BCUT2D eigenvalue weighted by atomic mass is 9.99. The number of carbonyl (C=O) groups is 2. The van der Waals surface area contributed by atoms with Gasteiger partial charge in [-0.05, 0) is 36.2 Å². The molecule has 39 heavy (non-hydrogen) atoms. The van der Waals surface area contributed by atoms with Crippen molar-refractivity contribution in [1.29, 1.82) is 0 Å². The number of nitrogens with zero attached hydrogens (tertiary/aromatic N) is 2. The van der Waals surface area contributed by atoms with Crippen LogP contribution in [-0.2, 0) is 11.2 Å². The molecule has 0 spiro atoms. The van der Waals surface area contributed by atoms with Crippen molar-refractivity contribution in [1.82, 2.24) is 9.55 Å². The predicted octanol–water partition coefficient (Wildman–Crippen LogP) is 6.26. The highest BCUT2D eigenvalue weighted by Crippen LogP contribution is 2.38. The van der Waals surface area contributed by atoms with E-state index >= 15 is 0 Å². The zero-order valence-electron chi connectivity index (χ0n) is 21.7. The fourth-order valence-electron chi connectivity index (χ4n) is 4.07. The van der Waals surface area contributed by atoms with E-state index in [1.165, 1.54) is 48.3 Å². The van der Waals surface area contributed by atoms with Crippen molar-refractivity contribution in [2.24, 2.45) is 0 Å². The average Bonchev–Trinajstić information content (AvgIpc) is 2.90. The highest BCUT2D eigenvalue weighted by atomic mass is 35.5. The third kappa shape index (κ3) is 7.69. The van der Waals surface area contributed by atoms with Crippen LogP contribution < -0.4 is 15.0 Å². The number of aromatic nitrogens is 2. The number of methoxy groups -OCH3 is 1. The summed E-state index contributed by atoms with van der Waals surface area (Å²) in [5.74, 6) is -0.346. The number of ether oxygens (including phenoxy) is 2. The standard InChI is InChI=1S/C28H28ClF3N2O5/c1-4-6-22(24(36)11-17-7-9-21(33-14-17)23(35)5-2)34-15-26(38-3)20(13-27(34)37)19-12-18(29)8-10-25(19)39-16-28(30,31)32/h7-10,12-15,22H,4-6,11,16H2,1-3H3. The highest BCUT2D eigenvalue weighted by molar-refractivity contribution is 6.31. The average molecular weight is 565 g/mol. The molecule has 3 rings (SSSR count). The van der Waals surface area contributed by atoms with Crippen LogP contribution in [0.5, 0.6) is 11.5 Å². The van der Waals surface area contributed by atoms with E-state index < -0.39 is 24.4 Å². The van der Waals surface area contributed by atoms with E-state index in [2.05, 4.69) is 4.98 Å². The molecule has 1 aromatic carbocycles. The normalized spacial score (nSPS) is 12.2. The summed E-state index contributed by atoms with van der Waals surface area (Å²) in [6.07, 6.45) is -0.478. The van der Waals surface area contributed by atoms with Gasteiger partial charge in [-0.3, -0.25) is 19.4 Å². The van der Waals surface area contributed by atoms with Crippen molar-refractivity contribution in [2.75, 3.05) is 13.7 Å². The molecular weight excluding hydrogens is 537 g/mol. The molecule has 2 aromatic heterocycles. The Labute approximate surface area is 228 Å². The first-order valence-corrected chi connectivity index (χ1v) is 12.7. The topological polar surface area (TPSA) is 87.5 Å². The monoisotopic (exact) mass is 564 g/mol. The van der Waals surface area contributed by atoms with E-state index in [-0.39, 0.29) is 45.6 Å². The number of Topliss-reactive ketones (excluding diaryl/α,β-unsaturated/α-hetero) is 2. The van der Waals surface area contributed by atoms with E-state index in [1.54, 1.807) is 19.1 Å². The number of carbonyl (C=O) groups excluding carboxylic acids is 2. The molecule has 208 valence electrons. The number of halogens is 4. The number of alkyl halides is 3. The second-order valence-electron chi connectivity index (χ2n) is 8.82. The molecule has 0 fully saturated rings. The summed E-state index contributed by atoms with van der Waals surface area (Å²) in [4.78, 5) is 42.6. The molecule has 0 aliphatic carbocycles. The minimum atomic E-state index is -4.57. The van der Waals surface area contributed by atoms with Crippen LogP contribution in [0.25, 0.3) is 11.1 Å². The Hall–Kier alpha value is -3.66. The molecule has 0 amide bonds. The van der Waals surface area contributed by atoms with Crippen LogP contribution >= 0.6 is 11.6 Å². The van der Waals surface area contributed by atoms with Gasteiger partial charge in [0.05, 0.1) is 19.3 Å². The van der Waals surface area contributed by atoms with Crippen LogP contribution in [0.1, 0.15) is 55.2 Å². The lowest BCUT2D eigenvalue weighted by molar-refractivity contribution is -0.153. The number of rotatable bonds is 12. The van der Waals surface area contributed by atoms with Gasteiger partial charge in [-0.1, -0.05) is 37.9 Å². The zero-order chi connectivity index (χ0) is 28.7. The van der Waals surface area contributed by atoms with Gasteiger partial charge in [-0.2, -0.15) is 13.2 Å². The molecule has 0 N–H and O–H groups in total. The van der Waals surface area contributed by atoms with Crippen molar-refractivity contribution in [3.05, 3.63) is 75.4 Å². The number of pyridine rings is 2. The lowest BCUT2D eigenvalue weighted by Gasteiger charge is -2.21. The van der Waals surface area contributed by atoms with Gasteiger partial charge in [0.2, 0.25) is 0 Å². The molecule has 1 atom stereocenters. The maximum atomic E-state index is 13.3. The van der Waals surface area contributed by atoms with Gasteiger partial charge in [0.25, 0.3) is 5.56 Å². The molecule has 3 aromatic rings. The Balaban J connectivity index is 1.98. The number of benzene rings is 1. The largest absolute Gasteiger partial charge is 0.495 e. The van der Waals surface area contributed by atoms with Gasteiger partial charge in [-0.25, -0.2) is 0 Å². The van der Waals surface area contributed by atoms with Gasteiger partial charge in [0.15, 0.2) is 18.2 Å². The molecule has 0 aliphatic heterocycles. The maximum absolute atomic E-state index is 13.3. The van der Waals surface area contributed by atoms with Crippen LogP contribution in [0, 0.1) is 0 Å². The summed E-state index contributed by atoms with van der Waals surface area (Å²) < 4.78 is 50.1.